The van der Waals surface area contributed by atoms with E-state index in [0.29, 0.717) is 26.2 Å². The number of amides is 2. The van der Waals surface area contributed by atoms with Crippen molar-refractivity contribution in [1.82, 2.24) is 10.6 Å². The van der Waals surface area contributed by atoms with E-state index in [2.05, 4.69) is 17.6 Å². The number of hydrogen-bond donors (Lipinski definition) is 3. The summed E-state index contributed by atoms with van der Waals surface area (Å²) in [5.74, 6) is -0.804. The molecule has 0 aliphatic carbocycles. The second-order valence-corrected chi connectivity index (χ2v) is 4.89. The van der Waals surface area contributed by atoms with E-state index in [1.165, 1.54) is 0 Å². The summed E-state index contributed by atoms with van der Waals surface area (Å²) in [7, 11) is 0. The van der Waals surface area contributed by atoms with Crippen molar-refractivity contribution in [2.75, 3.05) is 19.8 Å². The molecule has 0 aromatic rings. The lowest BCUT2D eigenvalue weighted by molar-refractivity contribution is -0.139. The molecule has 0 spiro atoms. The summed E-state index contributed by atoms with van der Waals surface area (Å²) in [5.41, 5.74) is 0. The Balaban J connectivity index is 3.78. The largest absolute Gasteiger partial charge is 0.480 e. The van der Waals surface area contributed by atoms with Crippen molar-refractivity contribution < 1.29 is 19.4 Å². The van der Waals surface area contributed by atoms with E-state index < -0.39 is 18.0 Å². The minimum Gasteiger partial charge on any atom is -0.480 e. The average Bonchev–Trinajstić information content (AvgIpc) is 2.32. The van der Waals surface area contributed by atoms with E-state index in [1.807, 2.05) is 13.8 Å². The molecule has 0 heterocycles. The van der Waals surface area contributed by atoms with Crippen molar-refractivity contribution in [1.29, 1.82) is 0 Å². The summed E-state index contributed by atoms with van der Waals surface area (Å²) in [6, 6.07) is -1.31. The first-order valence-electron chi connectivity index (χ1n) is 6.82. The van der Waals surface area contributed by atoms with Crippen LogP contribution in [0.3, 0.4) is 0 Å². The zero-order chi connectivity index (χ0) is 14.7. The normalized spacial score (nSPS) is 12.2. The van der Waals surface area contributed by atoms with E-state index in [1.54, 1.807) is 0 Å². The number of hydrogen-bond acceptors (Lipinski definition) is 3. The minimum absolute atomic E-state index is 0.207. The van der Waals surface area contributed by atoms with Crippen LogP contribution in [0.25, 0.3) is 0 Å². The highest BCUT2D eigenvalue weighted by molar-refractivity contribution is 5.82. The van der Waals surface area contributed by atoms with Crippen LogP contribution in [0.1, 0.15) is 40.0 Å². The van der Waals surface area contributed by atoms with Crippen LogP contribution in [-0.4, -0.2) is 42.9 Å². The number of nitrogens with one attached hydrogen (secondary N) is 2. The monoisotopic (exact) mass is 274 g/mol. The summed E-state index contributed by atoms with van der Waals surface area (Å²) in [6.07, 6.45) is 2.49. The van der Waals surface area contributed by atoms with Crippen LogP contribution in [0, 0.1) is 5.92 Å². The van der Waals surface area contributed by atoms with Gasteiger partial charge in [-0.25, -0.2) is 9.59 Å². The molecule has 0 bridgehead atoms. The second-order valence-electron chi connectivity index (χ2n) is 4.89. The molecular formula is C13H26N2O4. The van der Waals surface area contributed by atoms with Crippen molar-refractivity contribution in [2.45, 2.75) is 46.1 Å². The van der Waals surface area contributed by atoms with Crippen molar-refractivity contribution in [3.8, 4) is 0 Å². The lowest BCUT2D eigenvalue weighted by atomic mass is 10.0. The third kappa shape index (κ3) is 10.3. The molecule has 1 atom stereocenters. The molecule has 19 heavy (non-hydrogen) atoms. The third-order valence-corrected chi connectivity index (χ3v) is 2.48. The lowest BCUT2D eigenvalue weighted by Gasteiger charge is -2.16. The van der Waals surface area contributed by atoms with Crippen molar-refractivity contribution in [3.05, 3.63) is 0 Å². The molecule has 0 rings (SSSR count). The number of urea groups is 1. The highest BCUT2D eigenvalue weighted by atomic mass is 16.5. The van der Waals surface area contributed by atoms with Gasteiger partial charge in [-0.15, -0.1) is 0 Å². The highest BCUT2D eigenvalue weighted by Crippen LogP contribution is 2.04. The maximum atomic E-state index is 11.5. The van der Waals surface area contributed by atoms with Gasteiger partial charge in [0.25, 0.3) is 0 Å². The zero-order valence-corrected chi connectivity index (χ0v) is 12.1. The predicted molar refractivity (Wildman–Crippen MR) is 73.1 cm³/mol. The van der Waals surface area contributed by atoms with Gasteiger partial charge in [0, 0.05) is 13.2 Å². The summed E-state index contributed by atoms with van der Waals surface area (Å²) in [6.45, 7) is 7.41. The Labute approximate surface area is 114 Å². The molecule has 112 valence electrons. The van der Waals surface area contributed by atoms with Crippen LogP contribution in [0.15, 0.2) is 0 Å². The van der Waals surface area contributed by atoms with Gasteiger partial charge in [-0.2, -0.15) is 0 Å². The lowest BCUT2D eigenvalue weighted by Crippen LogP contribution is -2.47. The molecule has 0 radical (unpaired) electrons. The first kappa shape index (κ1) is 17.7. The number of carbonyl (C=O) groups excluding carboxylic acids is 1. The topological polar surface area (TPSA) is 87.7 Å². The Morgan fingerprint density at radius 1 is 1.26 bits per heavy atom. The smallest absolute Gasteiger partial charge is 0.326 e. The SMILES string of the molecule is CCCCOCCNC(=O)N[C@@H](CC(C)C)C(=O)O. The fourth-order valence-electron chi connectivity index (χ4n) is 1.49. The van der Waals surface area contributed by atoms with E-state index >= 15 is 0 Å². The summed E-state index contributed by atoms with van der Waals surface area (Å²) in [5, 5.41) is 14.0. The predicted octanol–water partition coefficient (Wildman–Crippen LogP) is 1.60. The van der Waals surface area contributed by atoms with Gasteiger partial charge >= 0.3 is 12.0 Å². The molecule has 2 amide bonds. The number of unbranched alkanes of at least 4 members (excludes halogenated alkanes) is 1. The van der Waals surface area contributed by atoms with Gasteiger partial charge in [-0.3, -0.25) is 0 Å². The first-order valence-corrected chi connectivity index (χ1v) is 6.82. The summed E-state index contributed by atoms with van der Waals surface area (Å²) < 4.78 is 5.28. The molecule has 0 aliphatic heterocycles. The Kier molecular flexibility index (Phi) is 9.88. The molecule has 0 aromatic heterocycles. The molecule has 6 nitrogen and oxygen atoms in total. The molecule has 0 aromatic carbocycles. The van der Waals surface area contributed by atoms with Crippen molar-refractivity contribution in [2.24, 2.45) is 5.92 Å². The summed E-state index contributed by atoms with van der Waals surface area (Å²) in [4.78, 5) is 22.4. The Morgan fingerprint density at radius 3 is 2.47 bits per heavy atom. The van der Waals surface area contributed by atoms with E-state index in [4.69, 9.17) is 9.84 Å². The van der Waals surface area contributed by atoms with E-state index in [-0.39, 0.29) is 5.92 Å². The van der Waals surface area contributed by atoms with Gasteiger partial charge in [-0.05, 0) is 18.8 Å². The van der Waals surface area contributed by atoms with Crippen LogP contribution in [0.2, 0.25) is 0 Å². The second kappa shape index (κ2) is 10.6. The van der Waals surface area contributed by atoms with Crippen molar-refractivity contribution in [3.63, 3.8) is 0 Å². The van der Waals surface area contributed by atoms with E-state index in [9.17, 15) is 9.59 Å². The zero-order valence-electron chi connectivity index (χ0n) is 12.1. The highest BCUT2D eigenvalue weighted by Gasteiger charge is 2.20. The Bertz CT molecular complexity index is 269. The van der Waals surface area contributed by atoms with Crippen LogP contribution >= 0.6 is 0 Å². The number of ether oxygens (including phenoxy) is 1. The van der Waals surface area contributed by atoms with Gasteiger partial charge in [0.05, 0.1) is 6.61 Å². The van der Waals surface area contributed by atoms with E-state index in [0.717, 1.165) is 12.8 Å². The third-order valence-electron chi connectivity index (χ3n) is 2.48. The number of carboxylic acids is 1. The summed E-state index contributed by atoms with van der Waals surface area (Å²) >= 11 is 0. The van der Waals surface area contributed by atoms with Crippen LogP contribution in [0.4, 0.5) is 4.79 Å². The molecule has 0 unspecified atom stereocenters. The maximum absolute atomic E-state index is 11.5. The van der Waals surface area contributed by atoms with Gasteiger partial charge in [0.1, 0.15) is 6.04 Å². The van der Waals surface area contributed by atoms with Gasteiger partial charge in [0.15, 0.2) is 0 Å². The Hall–Kier alpha value is -1.30. The molecule has 3 N–H and O–H groups in total. The van der Waals surface area contributed by atoms with Gasteiger partial charge in [0.2, 0.25) is 0 Å². The number of aliphatic carboxylic acids is 1. The molecule has 0 fully saturated rings. The quantitative estimate of drug-likeness (QED) is 0.528. The maximum Gasteiger partial charge on any atom is 0.326 e. The Morgan fingerprint density at radius 2 is 1.95 bits per heavy atom. The van der Waals surface area contributed by atoms with Gasteiger partial charge < -0.3 is 20.5 Å². The molecule has 0 aliphatic rings. The fraction of sp³-hybridized carbons (Fsp3) is 0.846. The number of rotatable bonds is 10. The van der Waals surface area contributed by atoms with Crippen molar-refractivity contribution >= 4 is 12.0 Å². The number of carboxylic acid groups (broad SMARTS) is 1. The van der Waals surface area contributed by atoms with Crippen LogP contribution in [-0.2, 0) is 9.53 Å². The first-order chi connectivity index (χ1) is 8.97. The standard InChI is InChI=1S/C13H26N2O4/c1-4-5-7-19-8-6-14-13(18)15-11(12(16)17)9-10(2)3/h10-11H,4-9H2,1-3H3,(H,16,17)(H2,14,15,18)/t11-/m0/s1. The molecule has 0 saturated carbocycles. The van der Waals surface area contributed by atoms with Crippen LogP contribution < -0.4 is 10.6 Å². The van der Waals surface area contributed by atoms with Crippen LogP contribution in [0.5, 0.6) is 0 Å². The number of carbonyl (C=O) groups is 2. The minimum atomic E-state index is -1.01. The molecule has 0 saturated heterocycles. The fourth-order valence-corrected chi connectivity index (χ4v) is 1.49. The average molecular weight is 274 g/mol. The molecular weight excluding hydrogens is 248 g/mol. The molecule has 6 heteroatoms. The van der Waals surface area contributed by atoms with Gasteiger partial charge in [-0.1, -0.05) is 27.2 Å².